The van der Waals surface area contributed by atoms with Crippen molar-refractivity contribution in [2.75, 3.05) is 0 Å². The minimum Gasteiger partial charge on any atom is -0.489 e. The Kier molecular flexibility index (Phi) is 4.89. The number of carboxylic acids is 1. The maximum absolute atomic E-state index is 11.2. The Balaban J connectivity index is 1.80. The van der Waals surface area contributed by atoms with E-state index in [-0.39, 0.29) is 0 Å². The average molecular weight is 335 g/mol. The van der Waals surface area contributed by atoms with Crippen LogP contribution < -0.4 is 4.74 Å². The first-order chi connectivity index (χ1) is 12.1. The zero-order valence-corrected chi connectivity index (χ0v) is 13.7. The van der Waals surface area contributed by atoms with Crippen LogP contribution in [0.3, 0.4) is 0 Å². The summed E-state index contributed by atoms with van der Waals surface area (Å²) in [5.74, 6) is -0.314. The molecule has 3 rings (SSSR count). The molecule has 0 fully saturated rings. The van der Waals surface area contributed by atoms with Crippen LogP contribution in [0.5, 0.6) is 5.75 Å². The van der Waals surface area contributed by atoms with Crippen molar-refractivity contribution < 1.29 is 14.6 Å². The van der Waals surface area contributed by atoms with Crippen LogP contribution in [0.4, 0.5) is 0 Å². The summed E-state index contributed by atoms with van der Waals surface area (Å²) in [6.07, 6.45) is 2.69. The molecule has 0 saturated heterocycles. The van der Waals surface area contributed by atoms with E-state index in [1.807, 2.05) is 54.6 Å². The molecular weight excluding hydrogens is 318 g/mol. The van der Waals surface area contributed by atoms with Gasteiger partial charge in [0.2, 0.25) is 0 Å². The predicted octanol–water partition coefficient (Wildman–Crippen LogP) is 2.91. The molecule has 0 saturated carbocycles. The van der Waals surface area contributed by atoms with Gasteiger partial charge in [0.1, 0.15) is 12.4 Å². The van der Waals surface area contributed by atoms with Gasteiger partial charge in [-0.05, 0) is 23.3 Å². The van der Waals surface area contributed by atoms with E-state index in [0.29, 0.717) is 23.6 Å². The van der Waals surface area contributed by atoms with Crippen LogP contribution in [0, 0.1) is 0 Å². The van der Waals surface area contributed by atoms with Gasteiger partial charge in [-0.25, -0.2) is 9.48 Å². The summed E-state index contributed by atoms with van der Waals surface area (Å²) >= 11 is 0. The molecule has 6 nitrogen and oxygen atoms in total. The van der Waals surface area contributed by atoms with Gasteiger partial charge >= 0.3 is 5.97 Å². The number of hydrogen-bond donors (Lipinski definition) is 1. The van der Waals surface area contributed by atoms with Gasteiger partial charge < -0.3 is 9.84 Å². The van der Waals surface area contributed by atoms with E-state index in [4.69, 9.17) is 9.84 Å². The van der Waals surface area contributed by atoms with E-state index in [2.05, 4.69) is 10.3 Å². The molecule has 1 aromatic heterocycles. The van der Waals surface area contributed by atoms with Gasteiger partial charge in [0.15, 0.2) is 0 Å². The quantitative estimate of drug-likeness (QED) is 0.701. The van der Waals surface area contributed by atoms with Crippen molar-refractivity contribution >= 4 is 11.5 Å². The molecule has 126 valence electrons. The molecule has 0 spiro atoms. The Morgan fingerprint density at radius 3 is 2.48 bits per heavy atom. The number of nitrogens with zero attached hydrogens (tertiary/aromatic N) is 3. The molecule has 25 heavy (non-hydrogen) atoms. The van der Waals surface area contributed by atoms with Crippen LogP contribution in [0.25, 0.3) is 5.57 Å². The van der Waals surface area contributed by atoms with Crippen molar-refractivity contribution in [1.82, 2.24) is 15.0 Å². The normalized spacial score (nSPS) is 11.3. The van der Waals surface area contributed by atoms with E-state index < -0.39 is 5.97 Å². The average Bonchev–Trinajstić information content (AvgIpc) is 3.05. The third kappa shape index (κ3) is 4.11. The lowest BCUT2D eigenvalue weighted by Crippen LogP contribution is -2.02. The molecular formula is C19H17N3O3. The van der Waals surface area contributed by atoms with Crippen LogP contribution in [0.1, 0.15) is 16.8 Å². The van der Waals surface area contributed by atoms with Crippen molar-refractivity contribution in [1.29, 1.82) is 0 Å². The highest BCUT2D eigenvalue weighted by Crippen LogP contribution is 2.24. The second kappa shape index (κ2) is 7.44. The van der Waals surface area contributed by atoms with Crippen molar-refractivity contribution in [3.63, 3.8) is 0 Å². The molecule has 0 aliphatic rings. The summed E-state index contributed by atoms with van der Waals surface area (Å²) in [6.45, 7) is 0.476. The van der Waals surface area contributed by atoms with Gasteiger partial charge in [-0.2, -0.15) is 0 Å². The van der Waals surface area contributed by atoms with E-state index in [9.17, 15) is 4.79 Å². The molecule has 0 aliphatic carbocycles. The van der Waals surface area contributed by atoms with E-state index in [0.717, 1.165) is 17.2 Å². The van der Waals surface area contributed by atoms with E-state index in [1.54, 1.807) is 7.05 Å². The molecule has 0 atom stereocenters. The zero-order valence-electron chi connectivity index (χ0n) is 13.7. The van der Waals surface area contributed by atoms with Gasteiger partial charge in [-0.1, -0.05) is 47.7 Å². The first-order valence-electron chi connectivity index (χ1n) is 7.70. The van der Waals surface area contributed by atoms with Gasteiger partial charge in [0.05, 0.1) is 11.9 Å². The highest BCUT2D eigenvalue weighted by molar-refractivity contribution is 5.94. The van der Waals surface area contributed by atoms with E-state index in [1.165, 1.54) is 10.9 Å². The second-order valence-electron chi connectivity index (χ2n) is 5.44. The van der Waals surface area contributed by atoms with Crippen LogP contribution in [-0.4, -0.2) is 26.1 Å². The number of ether oxygens (including phenoxy) is 1. The summed E-state index contributed by atoms with van der Waals surface area (Å²) in [5.41, 5.74) is 2.99. The summed E-state index contributed by atoms with van der Waals surface area (Å²) in [7, 11) is 1.72. The fraction of sp³-hybridized carbons (Fsp3) is 0.105. The first-order valence-corrected chi connectivity index (χ1v) is 7.70. The summed E-state index contributed by atoms with van der Waals surface area (Å²) < 4.78 is 7.29. The van der Waals surface area contributed by atoms with Gasteiger partial charge in [-0.15, -0.1) is 5.10 Å². The number of carbonyl (C=O) groups is 1. The predicted molar refractivity (Wildman–Crippen MR) is 92.9 cm³/mol. The first kappa shape index (κ1) is 16.4. The maximum Gasteiger partial charge on any atom is 0.329 e. The summed E-state index contributed by atoms with van der Waals surface area (Å²) in [5, 5.41) is 16.8. The Morgan fingerprint density at radius 2 is 1.88 bits per heavy atom. The van der Waals surface area contributed by atoms with Crippen molar-refractivity contribution in [2.45, 2.75) is 6.61 Å². The lowest BCUT2D eigenvalue weighted by atomic mass is 10.0. The van der Waals surface area contributed by atoms with Crippen molar-refractivity contribution in [3.05, 3.63) is 83.7 Å². The molecule has 0 unspecified atom stereocenters. The fourth-order valence-corrected chi connectivity index (χ4v) is 2.43. The van der Waals surface area contributed by atoms with Crippen LogP contribution in [-0.2, 0) is 18.4 Å². The number of aryl methyl sites for hydroxylation is 1. The Morgan fingerprint density at radius 1 is 1.16 bits per heavy atom. The van der Waals surface area contributed by atoms with Crippen LogP contribution >= 0.6 is 0 Å². The number of carboxylic acid groups (broad SMARTS) is 1. The third-order valence-electron chi connectivity index (χ3n) is 3.67. The molecule has 0 bridgehead atoms. The van der Waals surface area contributed by atoms with Gasteiger partial charge in [-0.3, -0.25) is 0 Å². The second-order valence-corrected chi connectivity index (χ2v) is 5.44. The molecule has 2 aromatic carbocycles. The lowest BCUT2D eigenvalue weighted by Gasteiger charge is -2.10. The standard InChI is InChI=1S/C19H17N3O3/c1-22-18(12-20-21-22)17(11-19(23)24)15-7-9-16(10-8-15)25-13-14-5-3-2-4-6-14/h2-12H,13H2,1H3,(H,23,24). The van der Waals surface area contributed by atoms with E-state index >= 15 is 0 Å². The summed E-state index contributed by atoms with van der Waals surface area (Å²) in [6, 6.07) is 17.2. The summed E-state index contributed by atoms with van der Waals surface area (Å²) in [4.78, 5) is 11.2. The number of aromatic nitrogens is 3. The van der Waals surface area contributed by atoms with Gasteiger partial charge in [0, 0.05) is 18.7 Å². The molecule has 0 aliphatic heterocycles. The zero-order chi connectivity index (χ0) is 17.6. The monoisotopic (exact) mass is 335 g/mol. The SMILES string of the molecule is Cn1nncc1C(=CC(=O)O)c1ccc(OCc2ccccc2)cc1. The minimum atomic E-state index is -1.03. The largest absolute Gasteiger partial charge is 0.489 e. The molecule has 1 N–H and O–H groups in total. The number of benzene rings is 2. The van der Waals surface area contributed by atoms with Crippen molar-refractivity contribution in [3.8, 4) is 5.75 Å². The van der Waals surface area contributed by atoms with Crippen molar-refractivity contribution in [2.24, 2.45) is 7.05 Å². The number of hydrogen-bond acceptors (Lipinski definition) is 4. The molecule has 6 heteroatoms. The molecule has 0 amide bonds. The fourth-order valence-electron chi connectivity index (χ4n) is 2.43. The molecule has 3 aromatic rings. The Labute approximate surface area is 145 Å². The number of rotatable bonds is 6. The van der Waals surface area contributed by atoms with Crippen LogP contribution in [0.15, 0.2) is 66.9 Å². The minimum absolute atomic E-state index is 0.476. The lowest BCUT2D eigenvalue weighted by molar-refractivity contribution is -0.131. The molecule has 0 radical (unpaired) electrons. The highest BCUT2D eigenvalue weighted by atomic mass is 16.5. The highest BCUT2D eigenvalue weighted by Gasteiger charge is 2.12. The smallest absolute Gasteiger partial charge is 0.329 e. The third-order valence-corrected chi connectivity index (χ3v) is 3.67. The molecule has 1 heterocycles. The Hall–Kier alpha value is -3.41. The van der Waals surface area contributed by atoms with Gasteiger partial charge in [0.25, 0.3) is 0 Å². The maximum atomic E-state index is 11.2. The van der Waals surface area contributed by atoms with Crippen LogP contribution in [0.2, 0.25) is 0 Å². The Bertz CT molecular complexity index is 884. The topological polar surface area (TPSA) is 77.2 Å². The number of aliphatic carboxylic acids is 1.